The van der Waals surface area contributed by atoms with Crippen LogP contribution in [0.25, 0.3) is 0 Å². The first-order chi connectivity index (χ1) is 7.81. The number of benzene rings is 1. The zero-order chi connectivity index (χ0) is 11.8. The smallest absolute Gasteiger partial charge is 0.126 e. The van der Waals surface area contributed by atoms with Crippen LogP contribution in [0.15, 0.2) is 18.2 Å². The van der Waals surface area contributed by atoms with Gasteiger partial charge in [-0.2, -0.15) is 0 Å². The minimum absolute atomic E-state index is 0.529. The lowest BCUT2D eigenvalue weighted by atomic mass is 10.1. The van der Waals surface area contributed by atoms with Gasteiger partial charge in [0.1, 0.15) is 18.1 Å². The first kappa shape index (κ1) is 12.8. The Morgan fingerprint density at radius 2 is 2.00 bits per heavy atom. The fraction of sp³-hybridized carbons (Fsp3) is 0.500. The van der Waals surface area contributed by atoms with E-state index < -0.39 is 0 Å². The molecule has 4 nitrogen and oxygen atoms in total. The molecular weight excluding hydrogens is 206 g/mol. The van der Waals surface area contributed by atoms with Crippen molar-refractivity contribution in [2.75, 3.05) is 34.0 Å². The van der Waals surface area contributed by atoms with E-state index in [0.717, 1.165) is 23.5 Å². The van der Waals surface area contributed by atoms with Gasteiger partial charge in [-0.25, -0.2) is 0 Å². The molecule has 4 heteroatoms. The number of rotatable bonds is 7. The average molecular weight is 225 g/mol. The maximum absolute atomic E-state index is 5.61. The highest BCUT2D eigenvalue weighted by molar-refractivity contribution is 5.40. The molecule has 1 aromatic carbocycles. The molecule has 0 aliphatic heterocycles. The Bertz CT molecular complexity index is 315. The Morgan fingerprint density at radius 1 is 1.19 bits per heavy atom. The highest BCUT2D eigenvalue weighted by Crippen LogP contribution is 2.25. The first-order valence-corrected chi connectivity index (χ1v) is 5.30. The molecule has 0 fully saturated rings. The van der Waals surface area contributed by atoms with Crippen LogP contribution in [0.5, 0.6) is 11.5 Å². The molecule has 0 saturated heterocycles. The fourth-order valence-corrected chi connectivity index (χ4v) is 1.39. The lowest BCUT2D eigenvalue weighted by Crippen LogP contribution is -2.08. The van der Waals surface area contributed by atoms with Gasteiger partial charge in [-0.3, -0.25) is 0 Å². The van der Waals surface area contributed by atoms with Gasteiger partial charge in [0.25, 0.3) is 0 Å². The topological polar surface area (TPSA) is 53.7 Å². The second-order valence-corrected chi connectivity index (χ2v) is 3.35. The second kappa shape index (κ2) is 7.09. The summed E-state index contributed by atoms with van der Waals surface area (Å²) >= 11 is 0. The molecule has 90 valence electrons. The summed E-state index contributed by atoms with van der Waals surface area (Å²) in [6, 6.07) is 5.77. The van der Waals surface area contributed by atoms with Crippen molar-refractivity contribution < 1.29 is 14.2 Å². The molecule has 0 bridgehead atoms. The molecule has 0 heterocycles. The number of methoxy groups -OCH3 is 2. The zero-order valence-corrected chi connectivity index (χ0v) is 9.86. The molecule has 0 atom stereocenters. The van der Waals surface area contributed by atoms with Gasteiger partial charge < -0.3 is 19.9 Å². The van der Waals surface area contributed by atoms with Crippen LogP contribution in [-0.2, 0) is 11.2 Å². The summed E-state index contributed by atoms with van der Waals surface area (Å²) in [4.78, 5) is 0. The summed E-state index contributed by atoms with van der Waals surface area (Å²) in [6.45, 7) is 1.70. The minimum Gasteiger partial charge on any atom is -0.497 e. The zero-order valence-electron chi connectivity index (χ0n) is 9.86. The van der Waals surface area contributed by atoms with Crippen molar-refractivity contribution in [1.82, 2.24) is 0 Å². The van der Waals surface area contributed by atoms with E-state index >= 15 is 0 Å². The average Bonchev–Trinajstić information content (AvgIpc) is 2.31. The normalized spacial score (nSPS) is 10.2. The summed E-state index contributed by atoms with van der Waals surface area (Å²) in [6.07, 6.45) is 0.798. The molecule has 2 N–H and O–H groups in total. The lowest BCUT2D eigenvalue weighted by Gasteiger charge is -2.12. The minimum atomic E-state index is 0.529. The largest absolute Gasteiger partial charge is 0.497 e. The van der Waals surface area contributed by atoms with Gasteiger partial charge >= 0.3 is 0 Å². The molecule has 0 amide bonds. The van der Waals surface area contributed by atoms with E-state index in [0.29, 0.717) is 19.8 Å². The van der Waals surface area contributed by atoms with Crippen LogP contribution >= 0.6 is 0 Å². The summed E-state index contributed by atoms with van der Waals surface area (Å²) in [5, 5.41) is 0. The SMILES string of the molecule is COCCOc1cc(OC)ccc1CCN. The molecule has 0 radical (unpaired) electrons. The summed E-state index contributed by atoms with van der Waals surface area (Å²) in [7, 11) is 3.28. The third kappa shape index (κ3) is 3.72. The van der Waals surface area contributed by atoms with E-state index in [9.17, 15) is 0 Å². The van der Waals surface area contributed by atoms with Crippen LogP contribution in [0.1, 0.15) is 5.56 Å². The van der Waals surface area contributed by atoms with Gasteiger partial charge in [0.15, 0.2) is 0 Å². The molecular formula is C12H19NO3. The van der Waals surface area contributed by atoms with Gasteiger partial charge in [-0.1, -0.05) is 6.07 Å². The lowest BCUT2D eigenvalue weighted by molar-refractivity contribution is 0.145. The van der Waals surface area contributed by atoms with Gasteiger partial charge in [0, 0.05) is 13.2 Å². The number of hydrogen-bond donors (Lipinski definition) is 1. The third-order valence-electron chi connectivity index (χ3n) is 2.23. The predicted molar refractivity (Wildman–Crippen MR) is 63.1 cm³/mol. The molecule has 0 aliphatic rings. The molecule has 16 heavy (non-hydrogen) atoms. The monoisotopic (exact) mass is 225 g/mol. The van der Waals surface area contributed by atoms with E-state index in [4.69, 9.17) is 19.9 Å². The molecule has 0 aromatic heterocycles. The van der Waals surface area contributed by atoms with Crippen LogP contribution in [0.3, 0.4) is 0 Å². The van der Waals surface area contributed by atoms with E-state index in [-0.39, 0.29) is 0 Å². The highest BCUT2D eigenvalue weighted by atomic mass is 16.5. The van der Waals surface area contributed by atoms with E-state index in [1.165, 1.54) is 0 Å². The quantitative estimate of drug-likeness (QED) is 0.709. The third-order valence-corrected chi connectivity index (χ3v) is 2.23. The van der Waals surface area contributed by atoms with Crippen molar-refractivity contribution >= 4 is 0 Å². The Balaban J connectivity index is 2.74. The molecule has 1 rings (SSSR count). The molecule has 1 aromatic rings. The Morgan fingerprint density at radius 3 is 2.62 bits per heavy atom. The van der Waals surface area contributed by atoms with E-state index in [1.54, 1.807) is 14.2 Å². The molecule has 0 saturated carbocycles. The van der Waals surface area contributed by atoms with Crippen LogP contribution in [0.4, 0.5) is 0 Å². The standard InChI is InChI=1S/C12H19NO3/c1-14-7-8-16-12-9-11(15-2)4-3-10(12)5-6-13/h3-4,9H,5-8,13H2,1-2H3. The summed E-state index contributed by atoms with van der Waals surface area (Å²) < 4.78 is 15.7. The number of nitrogens with two attached hydrogens (primary N) is 1. The number of hydrogen-bond acceptors (Lipinski definition) is 4. The van der Waals surface area contributed by atoms with Crippen LogP contribution in [0, 0.1) is 0 Å². The maximum Gasteiger partial charge on any atom is 0.126 e. The van der Waals surface area contributed by atoms with Crippen LogP contribution in [0.2, 0.25) is 0 Å². The van der Waals surface area contributed by atoms with Crippen molar-refractivity contribution in [1.29, 1.82) is 0 Å². The van der Waals surface area contributed by atoms with E-state index in [1.807, 2.05) is 18.2 Å². The second-order valence-electron chi connectivity index (χ2n) is 3.35. The van der Waals surface area contributed by atoms with E-state index in [2.05, 4.69) is 0 Å². The van der Waals surface area contributed by atoms with Crippen molar-refractivity contribution in [3.63, 3.8) is 0 Å². The van der Waals surface area contributed by atoms with Gasteiger partial charge in [0.05, 0.1) is 13.7 Å². The first-order valence-electron chi connectivity index (χ1n) is 5.30. The molecule has 0 aliphatic carbocycles. The fourth-order valence-electron chi connectivity index (χ4n) is 1.39. The molecule has 0 spiro atoms. The van der Waals surface area contributed by atoms with Crippen molar-refractivity contribution in [3.8, 4) is 11.5 Å². The van der Waals surface area contributed by atoms with Gasteiger partial charge in [0.2, 0.25) is 0 Å². The number of ether oxygens (including phenoxy) is 3. The summed E-state index contributed by atoms with van der Waals surface area (Å²) in [5.41, 5.74) is 6.64. The van der Waals surface area contributed by atoms with Crippen molar-refractivity contribution in [2.24, 2.45) is 5.73 Å². The Hall–Kier alpha value is -1.26. The van der Waals surface area contributed by atoms with Crippen LogP contribution < -0.4 is 15.2 Å². The predicted octanol–water partition coefficient (Wildman–Crippen LogP) is 1.22. The van der Waals surface area contributed by atoms with Crippen LogP contribution in [-0.4, -0.2) is 34.0 Å². The van der Waals surface area contributed by atoms with Crippen molar-refractivity contribution in [3.05, 3.63) is 23.8 Å². The molecule has 0 unspecified atom stereocenters. The van der Waals surface area contributed by atoms with Gasteiger partial charge in [-0.15, -0.1) is 0 Å². The Labute approximate surface area is 96.3 Å². The van der Waals surface area contributed by atoms with Gasteiger partial charge in [-0.05, 0) is 24.6 Å². The Kier molecular flexibility index (Phi) is 5.67. The summed E-state index contributed by atoms with van der Waals surface area (Å²) in [5.74, 6) is 1.61. The van der Waals surface area contributed by atoms with Crippen molar-refractivity contribution in [2.45, 2.75) is 6.42 Å². The highest BCUT2D eigenvalue weighted by Gasteiger charge is 2.05. The maximum atomic E-state index is 5.61.